The van der Waals surface area contributed by atoms with Gasteiger partial charge in [-0.1, -0.05) is 0 Å². The summed E-state index contributed by atoms with van der Waals surface area (Å²) in [5, 5.41) is 8.84. The first-order valence-corrected chi connectivity index (χ1v) is 5.04. The van der Waals surface area contributed by atoms with Gasteiger partial charge in [0.15, 0.2) is 5.75 Å². The molecule has 4 nitrogen and oxygen atoms in total. The molecule has 2 N–H and O–H groups in total. The van der Waals surface area contributed by atoms with Crippen molar-refractivity contribution in [3.05, 3.63) is 24.0 Å². The summed E-state index contributed by atoms with van der Waals surface area (Å²) in [4.78, 5) is 3.94. The largest absolute Gasteiger partial charge is 0.487 e. The third-order valence-electron chi connectivity index (χ3n) is 2.72. The van der Waals surface area contributed by atoms with Crippen LogP contribution in [0.1, 0.15) is 18.4 Å². The van der Waals surface area contributed by atoms with Gasteiger partial charge in [-0.3, -0.25) is 4.98 Å². The van der Waals surface area contributed by atoms with E-state index in [2.05, 4.69) is 11.1 Å². The van der Waals surface area contributed by atoms with Gasteiger partial charge in [0.25, 0.3) is 0 Å². The van der Waals surface area contributed by atoms with E-state index in [1.54, 1.807) is 18.5 Å². The normalized spacial score (nSPS) is 24.0. The molecule has 0 radical (unpaired) electrons. The number of nitriles is 1. The number of hydrogen-bond acceptors (Lipinski definition) is 4. The Bertz CT molecular complexity index is 380. The Hall–Kier alpha value is -1.60. The minimum absolute atomic E-state index is 0.204. The molecule has 1 aliphatic carbocycles. The van der Waals surface area contributed by atoms with Crippen molar-refractivity contribution >= 4 is 0 Å². The van der Waals surface area contributed by atoms with E-state index in [-0.39, 0.29) is 6.10 Å². The molecule has 0 spiro atoms. The Balaban J connectivity index is 1.97. The molecule has 78 valence electrons. The summed E-state index contributed by atoms with van der Waals surface area (Å²) in [5.74, 6) is 1.16. The van der Waals surface area contributed by atoms with Crippen molar-refractivity contribution in [3.8, 4) is 11.8 Å². The predicted octanol–water partition coefficient (Wildman–Crippen LogP) is 1.07. The first kappa shape index (κ1) is 9.94. The Kier molecular flexibility index (Phi) is 2.84. The van der Waals surface area contributed by atoms with E-state index < -0.39 is 0 Å². The highest BCUT2D eigenvalue weighted by molar-refractivity contribution is 5.40. The molecule has 1 saturated carbocycles. The summed E-state index contributed by atoms with van der Waals surface area (Å²) in [6.07, 6.45) is 5.35. The number of aromatic nitrogens is 1. The second-order valence-corrected chi connectivity index (χ2v) is 3.80. The molecule has 1 fully saturated rings. The van der Waals surface area contributed by atoms with Crippen molar-refractivity contribution < 1.29 is 4.74 Å². The lowest BCUT2D eigenvalue weighted by molar-refractivity contribution is 0.0684. The van der Waals surface area contributed by atoms with Gasteiger partial charge in [0.05, 0.1) is 17.9 Å². The summed E-state index contributed by atoms with van der Waals surface area (Å²) in [6.45, 7) is 0.720. The van der Waals surface area contributed by atoms with Crippen LogP contribution in [0.15, 0.2) is 18.5 Å². The van der Waals surface area contributed by atoms with E-state index >= 15 is 0 Å². The molecule has 15 heavy (non-hydrogen) atoms. The van der Waals surface area contributed by atoms with Crippen molar-refractivity contribution in [2.45, 2.75) is 18.9 Å². The average Bonchev–Trinajstić information content (AvgIpc) is 2.23. The van der Waals surface area contributed by atoms with E-state index in [9.17, 15) is 0 Å². The van der Waals surface area contributed by atoms with Gasteiger partial charge in [0.1, 0.15) is 6.07 Å². The molecule has 0 amide bonds. The molecule has 0 aliphatic heterocycles. The molecular formula is C11H13N3O. The van der Waals surface area contributed by atoms with Gasteiger partial charge in [-0.25, -0.2) is 0 Å². The third-order valence-corrected chi connectivity index (χ3v) is 2.72. The molecule has 1 aromatic rings. The maximum Gasteiger partial charge on any atom is 0.155 e. The lowest BCUT2D eigenvalue weighted by Crippen LogP contribution is -2.37. The summed E-state index contributed by atoms with van der Waals surface area (Å²) in [6, 6.07) is 3.75. The van der Waals surface area contributed by atoms with Crippen LogP contribution in [0.4, 0.5) is 0 Å². The van der Waals surface area contributed by atoms with Crippen LogP contribution in [-0.2, 0) is 0 Å². The second kappa shape index (κ2) is 4.28. The van der Waals surface area contributed by atoms with Crippen molar-refractivity contribution in [2.24, 2.45) is 11.7 Å². The molecule has 1 aromatic heterocycles. The second-order valence-electron chi connectivity index (χ2n) is 3.80. The van der Waals surface area contributed by atoms with Crippen LogP contribution in [0.2, 0.25) is 0 Å². The highest BCUT2D eigenvalue weighted by atomic mass is 16.5. The minimum Gasteiger partial charge on any atom is -0.487 e. The maximum absolute atomic E-state index is 8.84. The Labute approximate surface area is 88.7 Å². The molecular weight excluding hydrogens is 190 g/mol. The third kappa shape index (κ3) is 2.08. The van der Waals surface area contributed by atoms with Crippen molar-refractivity contribution in [1.29, 1.82) is 5.26 Å². The van der Waals surface area contributed by atoms with Crippen molar-refractivity contribution in [3.63, 3.8) is 0 Å². The lowest BCUT2D eigenvalue weighted by atomic mass is 9.82. The lowest BCUT2D eigenvalue weighted by Gasteiger charge is -2.34. The molecule has 0 aromatic carbocycles. The number of pyridine rings is 1. The smallest absolute Gasteiger partial charge is 0.155 e. The zero-order valence-corrected chi connectivity index (χ0v) is 8.39. The van der Waals surface area contributed by atoms with Gasteiger partial charge in [0, 0.05) is 6.20 Å². The molecule has 1 aliphatic rings. The van der Waals surface area contributed by atoms with Crippen molar-refractivity contribution in [1.82, 2.24) is 4.98 Å². The minimum atomic E-state index is 0.204. The highest BCUT2D eigenvalue weighted by Gasteiger charge is 2.30. The van der Waals surface area contributed by atoms with Crippen molar-refractivity contribution in [2.75, 3.05) is 6.54 Å². The van der Waals surface area contributed by atoms with Gasteiger partial charge in [-0.15, -0.1) is 0 Å². The van der Waals surface area contributed by atoms with Crippen LogP contribution >= 0.6 is 0 Å². The molecule has 1 heterocycles. The first-order chi connectivity index (χ1) is 7.33. The van der Waals surface area contributed by atoms with Crippen LogP contribution in [0, 0.1) is 17.2 Å². The van der Waals surface area contributed by atoms with Gasteiger partial charge >= 0.3 is 0 Å². The quantitative estimate of drug-likeness (QED) is 0.797. The fourth-order valence-corrected chi connectivity index (χ4v) is 1.71. The summed E-state index contributed by atoms with van der Waals surface area (Å²) < 4.78 is 5.66. The van der Waals surface area contributed by atoms with Gasteiger partial charge in [-0.2, -0.15) is 5.26 Å². The monoisotopic (exact) mass is 203 g/mol. The fourth-order valence-electron chi connectivity index (χ4n) is 1.71. The summed E-state index contributed by atoms with van der Waals surface area (Å²) in [7, 11) is 0. The standard InChI is InChI=1S/C11H13N3O/c12-5-8-3-10(4-8)15-11-7-14-2-1-9(11)6-13/h1-2,7-8,10H,3-5,12H2. The van der Waals surface area contributed by atoms with E-state index in [4.69, 9.17) is 15.7 Å². The Morgan fingerprint density at radius 2 is 2.40 bits per heavy atom. The van der Waals surface area contributed by atoms with Crippen LogP contribution in [0.25, 0.3) is 0 Å². The fraction of sp³-hybridized carbons (Fsp3) is 0.455. The van der Waals surface area contributed by atoms with Gasteiger partial charge < -0.3 is 10.5 Å². The molecule has 0 saturated heterocycles. The van der Waals surface area contributed by atoms with Crippen LogP contribution < -0.4 is 10.5 Å². The van der Waals surface area contributed by atoms with Crippen LogP contribution in [0.5, 0.6) is 5.75 Å². The highest BCUT2D eigenvalue weighted by Crippen LogP contribution is 2.31. The van der Waals surface area contributed by atoms with E-state index in [0.717, 1.165) is 19.4 Å². The Morgan fingerprint density at radius 1 is 1.60 bits per heavy atom. The van der Waals surface area contributed by atoms with Gasteiger partial charge in [-0.05, 0) is 31.4 Å². The zero-order valence-electron chi connectivity index (χ0n) is 8.39. The van der Waals surface area contributed by atoms with E-state index in [1.165, 1.54) is 0 Å². The topological polar surface area (TPSA) is 71.9 Å². The molecule has 0 unspecified atom stereocenters. The maximum atomic E-state index is 8.84. The summed E-state index contributed by atoms with van der Waals surface area (Å²) in [5.41, 5.74) is 6.07. The summed E-state index contributed by atoms with van der Waals surface area (Å²) >= 11 is 0. The molecule has 4 heteroatoms. The molecule has 2 rings (SSSR count). The number of nitrogens with zero attached hydrogens (tertiary/aromatic N) is 2. The first-order valence-electron chi connectivity index (χ1n) is 5.04. The number of rotatable bonds is 3. The average molecular weight is 203 g/mol. The SMILES string of the molecule is N#Cc1ccncc1OC1CC(CN)C1. The number of hydrogen-bond donors (Lipinski definition) is 1. The van der Waals surface area contributed by atoms with Crippen LogP contribution in [-0.4, -0.2) is 17.6 Å². The number of nitrogens with two attached hydrogens (primary N) is 1. The zero-order chi connectivity index (χ0) is 10.7. The van der Waals surface area contributed by atoms with E-state index in [0.29, 0.717) is 17.2 Å². The number of ether oxygens (including phenoxy) is 1. The molecule has 0 bridgehead atoms. The predicted molar refractivity (Wildman–Crippen MR) is 55.1 cm³/mol. The van der Waals surface area contributed by atoms with Gasteiger partial charge in [0.2, 0.25) is 0 Å². The Morgan fingerprint density at radius 3 is 3.07 bits per heavy atom. The molecule has 0 atom stereocenters. The van der Waals surface area contributed by atoms with E-state index in [1.807, 2.05) is 0 Å². The van der Waals surface area contributed by atoms with Crippen LogP contribution in [0.3, 0.4) is 0 Å².